The maximum Gasteiger partial charge on any atom is 0.131 e. The second-order valence-electron chi connectivity index (χ2n) is 7.20. The fourth-order valence-corrected chi connectivity index (χ4v) is 4.74. The van der Waals surface area contributed by atoms with Gasteiger partial charge in [-0.1, -0.05) is 103 Å². The van der Waals surface area contributed by atoms with Crippen LogP contribution in [-0.2, 0) is 10.2 Å². The third-order valence-corrected chi connectivity index (χ3v) is 5.74. The lowest BCUT2D eigenvalue weighted by Gasteiger charge is -2.38. The van der Waals surface area contributed by atoms with Crippen LogP contribution in [0.3, 0.4) is 0 Å². The number of fused-ring (bicyclic) bond motifs is 1. The molecule has 2 atom stereocenters. The zero-order valence-corrected chi connectivity index (χ0v) is 16.5. The first kappa shape index (κ1) is 18.3. The smallest absolute Gasteiger partial charge is 0.131 e. The molecule has 3 aromatic carbocycles. The molecule has 0 saturated carbocycles. The lowest BCUT2D eigenvalue weighted by atomic mass is 9.64. The first-order chi connectivity index (χ1) is 13.8. The Morgan fingerprint density at radius 1 is 0.714 bits per heavy atom. The van der Waals surface area contributed by atoms with Crippen molar-refractivity contribution < 1.29 is 4.74 Å². The van der Waals surface area contributed by atoms with Gasteiger partial charge in [0, 0.05) is 5.92 Å². The van der Waals surface area contributed by atoms with E-state index in [4.69, 9.17) is 4.74 Å². The average Bonchev–Trinajstić information content (AvgIpc) is 3.04. The van der Waals surface area contributed by atoms with Gasteiger partial charge in [-0.3, -0.25) is 0 Å². The van der Waals surface area contributed by atoms with Crippen LogP contribution < -0.4 is 0 Å². The molecule has 0 bridgehead atoms. The Labute approximate surface area is 168 Å². The summed E-state index contributed by atoms with van der Waals surface area (Å²) >= 11 is 0. The quantitative estimate of drug-likeness (QED) is 0.356. The van der Waals surface area contributed by atoms with Gasteiger partial charge in [0.25, 0.3) is 0 Å². The molecule has 0 radical (unpaired) electrons. The number of ether oxygens (including phenoxy) is 1. The van der Waals surface area contributed by atoms with E-state index in [-0.39, 0.29) is 17.4 Å². The van der Waals surface area contributed by atoms with Crippen LogP contribution in [0.1, 0.15) is 42.2 Å². The van der Waals surface area contributed by atoms with Gasteiger partial charge in [0.15, 0.2) is 0 Å². The summed E-state index contributed by atoms with van der Waals surface area (Å²) in [6.45, 7) is 4.09. The molecule has 0 heterocycles. The van der Waals surface area contributed by atoms with Crippen molar-refractivity contribution in [2.24, 2.45) is 5.92 Å². The topological polar surface area (TPSA) is 9.23 Å². The summed E-state index contributed by atoms with van der Waals surface area (Å²) in [7, 11) is 0. The fraction of sp³-hybridized carbons (Fsp3) is 0.185. The molecule has 0 fully saturated rings. The van der Waals surface area contributed by atoms with Gasteiger partial charge in [-0.15, -0.1) is 0 Å². The van der Waals surface area contributed by atoms with Crippen LogP contribution in [-0.4, -0.2) is 0 Å². The van der Waals surface area contributed by atoms with E-state index in [1.807, 2.05) is 19.3 Å². The molecule has 1 aliphatic rings. The van der Waals surface area contributed by atoms with Crippen LogP contribution in [0.15, 0.2) is 109 Å². The minimum absolute atomic E-state index is 0.0380. The van der Waals surface area contributed by atoms with Gasteiger partial charge < -0.3 is 4.74 Å². The van der Waals surface area contributed by atoms with Crippen LogP contribution in [0, 0.1) is 5.92 Å². The van der Waals surface area contributed by atoms with Crippen molar-refractivity contribution in [3.05, 3.63) is 132 Å². The summed E-state index contributed by atoms with van der Waals surface area (Å²) in [6.07, 6.45) is 8.21. The van der Waals surface area contributed by atoms with Crippen LogP contribution in [0.25, 0.3) is 0 Å². The summed E-state index contributed by atoms with van der Waals surface area (Å²) in [5.74, 6) is 0.149. The number of hydrogen-bond donors (Lipinski definition) is 0. The largest absolute Gasteiger partial charge is 0.493 e. The normalized spacial score (nSPS) is 20.5. The van der Waals surface area contributed by atoms with E-state index < -0.39 is 0 Å². The minimum atomic E-state index is -0.294. The van der Waals surface area contributed by atoms with E-state index >= 15 is 0 Å². The molecule has 0 aromatic heterocycles. The zero-order valence-electron chi connectivity index (χ0n) is 16.5. The van der Waals surface area contributed by atoms with Gasteiger partial charge in [0.05, 0.1) is 11.7 Å². The summed E-state index contributed by atoms with van der Waals surface area (Å²) < 4.78 is 6.31. The summed E-state index contributed by atoms with van der Waals surface area (Å²) in [4.78, 5) is 0. The average molecular weight is 367 g/mol. The Kier molecular flexibility index (Phi) is 5.16. The molecule has 0 saturated heterocycles. The number of rotatable bonds is 5. The fourth-order valence-electron chi connectivity index (χ4n) is 4.74. The van der Waals surface area contributed by atoms with E-state index in [1.165, 1.54) is 22.3 Å². The van der Waals surface area contributed by atoms with Crippen molar-refractivity contribution >= 4 is 0 Å². The van der Waals surface area contributed by atoms with E-state index in [0.29, 0.717) is 0 Å². The Morgan fingerprint density at radius 2 is 1.29 bits per heavy atom. The number of hydrogen-bond acceptors (Lipinski definition) is 1. The van der Waals surface area contributed by atoms with Gasteiger partial charge in [-0.25, -0.2) is 0 Å². The predicted molar refractivity (Wildman–Crippen MR) is 116 cm³/mol. The Morgan fingerprint density at radius 3 is 1.86 bits per heavy atom. The SMILES string of the molecule is C/C=C/OC1c2ccccc2C(c2ccccc2)(c2ccccc2)C1/C=C/C. The molecule has 0 N–H and O–H groups in total. The van der Waals surface area contributed by atoms with Gasteiger partial charge >= 0.3 is 0 Å². The molecular weight excluding hydrogens is 340 g/mol. The summed E-state index contributed by atoms with van der Waals surface area (Å²) in [5.41, 5.74) is 4.88. The highest BCUT2D eigenvalue weighted by Crippen LogP contribution is 2.58. The minimum Gasteiger partial charge on any atom is -0.493 e. The molecule has 0 amide bonds. The summed E-state index contributed by atoms with van der Waals surface area (Å²) in [6, 6.07) is 30.4. The van der Waals surface area contributed by atoms with Crippen molar-refractivity contribution in [1.29, 1.82) is 0 Å². The number of allylic oxidation sites excluding steroid dienone is 2. The number of benzene rings is 3. The van der Waals surface area contributed by atoms with Gasteiger partial charge in [0.1, 0.15) is 6.10 Å². The van der Waals surface area contributed by atoms with E-state index in [2.05, 4.69) is 104 Å². The van der Waals surface area contributed by atoms with Crippen molar-refractivity contribution in [2.45, 2.75) is 25.4 Å². The monoisotopic (exact) mass is 366 g/mol. The van der Waals surface area contributed by atoms with Gasteiger partial charge in [-0.05, 0) is 36.1 Å². The Hall–Kier alpha value is -3.06. The Bertz CT molecular complexity index is 930. The molecule has 1 nitrogen and oxygen atoms in total. The lowest BCUT2D eigenvalue weighted by molar-refractivity contribution is 0.102. The molecule has 28 heavy (non-hydrogen) atoms. The first-order valence-electron chi connectivity index (χ1n) is 9.94. The van der Waals surface area contributed by atoms with Crippen molar-refractivity contribution in [3.8, 4) is 0 Å². The maximum atomic E-state index is 6.31. The molecule has 0 spiro atoms. The summed E-state index contributed by atoms with van der Waals surface area (Å²) in [5, 5.41) is 0. The highest BCUT2D eigenvalue weighted by atomic mass is 16.5. The zero-order chi connectivity index (χ0) is 19.4. The van der Waals surface area contributed by atoms with E-state index in [9.17, 15) is 0 Å². The van der Waals surface area contributed by atoms with Crippen LogP contribution in [0.5, 0.6) is 0 Å². The van der Waals surface area contributed by atoms with E-state index in [1.54, 1.807) is 0 Å². The molecular formula is C27H26O. The van der Waals surface area contributed by atoms with Crippen molar-refractivity contribution in [3.63, 3.8) is 0 Å². The van der Waals surface area contributed by atoms with E-state index in [0.717, 1.165) is 0 Å². The molecule has 1 heteroatoms. The highest BCUT2D eigenvalue weighted by molar-refractivity contribution is 5.60. The third-order valence-electron chi connectivity index (χ3n) is 5.74. The second-order valence-corrected chi connectivity index (χ2v) is 7.20. The van der Waals surface area contributed by atoms with Crippen LogP contribution in [0.4, 0.5) is 0 Å². The standard InChI is InChI=1S/C27H26O/c1-3-13-25-26(28-20-4-2)23-18-11-12-19-24(23)27(25,21-14-7-5-8-15-21)22-16-9-6-10-17-22/h3-20,25-26H,1-2H3/b13-3+,20-4+. The molecule has 2 unspecified atom stereocenters. The predicted octanol–water partition coefficient (Wildman–Crippen LogP) is 6.82. The van der Waals surface area contributed by atoms with Crippen molar-refractivity contribution in [1.82, 2.24) is 0 Å². The highest BCUT2D eigenvalue weighted by Gasteiger charge is 2.53. The van der Waals surface area contributed by atoms with Gasteiger partial charge in [-0.2, -0.15) is 0 Å². The third kappa shape index (κ3) is 2.79. The maximum absolute atomic E-state index is 6.31. The molecule has 1 aliphatic carbocycles. The van der Waals surface area contributed by atoms with Crippen LogP contribution >= 0.6 is 0 Å². The molecule has 4 rings (SSSR count). The molecule has 140 valence electrons. The van der Waals surface area contributed by atoms with Crippen molar-refractivity contribution in [2.75, 3.05) is 0 Å². The first-order valence-corrected chi connectivity index (χ1v) is 9.94. The molecule has 3 aromatic rings. The lowest BCUT2D eigenvalue weighted by Crippen LogP contribution is -2.35. The molecule has 0 aliphatic heterocycles. The van der Waals surface area contributed by atoms with Crippen LogP contribution in [0.2, 0.25) is 0 Å². The second kappa shape index (κ2) is 7.90. The Balaban J connectivity index is 2.08. The van der Waals surface area contributed by atoms with Gasteiger partial charge in [0.2, 0.25) is 0 Å².